The molecule has 2 N–H and O–H groups in total. The zero-order valence-corrected chi connectivity index (χ0v) is 41.3. The number of non-ortho nitro benzene ring substituents is 1. The van der Waals surface area contributed by atoms with E-state index >= 15 is 0 Å². The van der Waals surface area contributed by atoms with Gasteiger partial charge in [0.05, 0.1) is 29.0 Å². The molecular formula is C57H60ClN3O12. The van der Waals surface area contributed by atoms with Crippen molar-refractivity contribution in [3.05, 3.63) is 166 Å². The van der Waals surface area contributed by atoms with Gasteiger partial charge in [-0.3, -0.25) is 15.0 Å². The lowest BCUT2D eigenvalue weighted by atomic mass is 9.55. The first-order chi connectivity index (χ1) is 35.7. The predicted molar refractivity (Wildman–Crippen MR) is 275 cm³/mol. The molecule has 4 aliphatic rings. The smallest absolute Gasteiger partial charge is 0.410 e. The highest BCUT2D eigenvalue weighted by molar-refractivity contribution is 6.18. The molecule has 6 unspecified atom stereocenters. The number of hydrogen-bond acceptors (Lipinski definition) is 13. The van der Waals surface area contributed by atoms with Crippen molar-refractivity contribution in [3.8, 4) is 39.9 Å². The van der Waals surface area contributed by atoms with Gasteiger partial charge >= 0.3 is 6.09 Å². The summed E-state index contributed by atoms with van der Waals surface area (Å²) in [6, 6.07) is 34.6. The molecule has 5 aromatic rings. The zero-order chi connectivity index (χ0) is 50.7. The number of halogens is 1. The minimum absolute atomic E-state index is 0.000388. The number of hydrogen-bond donors (Lipinski definition) is 2. The van der Waals surface area contributed by atoms with E-state index in [0.717, 1.165) is 53.5 Å². The number of allylic oxidation sites excluding steroid dienone is 1. The molecule has 1 fully saturated rings. The van der Waals surface area contributed by atoms with E-state index in [1.54, 1.807) is 29.2 Å². The van der Waals surface area contributed by atoms with Crippen LogP contribution in [0.2, 0.25) is 0 Å². The number of aliphatic hydroxyl groups excluding tert-OH is 2. The van der Waals surface area contributed by atoms with Gasteiger partial charge in [-0.1, -0.05) is 78.7 Å². The van der Waals surface area contributed by atoms with Gasteiger partial charge in [0, 0.05) is 49.8 Å². The molecule has 9 rings (SSSR count). The number of benzene rings is 5. The molecule has 15 nitrogen and oxygen atoms in total. The molecule has 0 saturated heterocycles. The Kier molecular flexibility index (Phi) is 16.6. The van der Waals surface area contributed by atoms with Gasteiger partial charge in [-0.25, -0.2) is 4.79 Å². The Labute approximate surface area is 429 Å². The minimum atomic E-state index is -1.59. The average Bonchev–Trinajstić information content (AvgIpc) is 3.89. The van der Waals surface area contributed by atoms with Gasteiger partial charge in [-0.15, -0.1) is 18.2 Å². The van der Waals surface area contributed by atoms with Crippen LogP contribution in [0.5, 0.6) is 28.7 Å². The Morgan fingerprint density at radius 1 is 0.863 bits per heavy atom. The number of unbranched alkanes of at least 4 members (excludes halogenated alkanes) is 2. The van der Waals surface area contributed by atoms with Crippen molar-refractivity contribution in [2.45, 2.75) is 75.8 Å². The lowest BCUT2D eigenvalue weighted by molar-refractivity contribution is -0.384. The van der Waals surface area contributed by atoms with Crippen molar-refractivity contribution in [2.24, 2.45) is 22.9 Å². The van der Waals surface area contributed by atoms with Crippen LogP contribution in [0.25, 0.3) is 11.1 Å². The number of carbonyl (C=O) groups is 1. The van der Waals surface area contributed by atoms with Crippen LogP contribution in [0.3, 0.4) is 0 Å². The number of oxime groups is 1. The van der Waals surface area contributed by atoms with Crippen molar-refractivity contribution in [1.29, 1.82) is 0 Å². The molecule has 2 heterocycles. The molecule has 16 heteroatoms. The minimum Gasteiger partial charge on any atom is -0.459 e. The van der Waals surface area contributed by atoms with E-state index in [1.807, 2.05) is 72.8 Å². The number of nitro groups is 1. The third kappa shape index (κ3) is 11.3. The fraction of sp³-hybridized carbons (Fsp3) is 0.368. The van der Waals surface area contributed by atoms with Gasteiger partial charge in [0.15, 0.2) is 11.5 Å². The maximum absolute atomic E-state index is 14.8. The van der Waals surface area contributed by atoms with E-state index in [4.69, 9.17) is 50.0 Å². The zero-order valence-electron chi connectivity index (χ0n) is 40.5. The largest absolute Gasteiger partial charge is 0.459 e. The molecule has 382 valence electrons. The number of nitro benzene ring substituents is 1. The second-order valence-corrected chi connectivity index (χ2v) is 19.0. The Morgan fingerprint density at radius 2 is 1.58 bits per heavy atom. The maximum atomic E-state index is 14.8. The lowest BCUT2D eigenvalue weighted by Crippen LogP contribution is -2.70. The standard InChI is InChI=1S/C57H60ClN3O12/c1-2-29-70-57-53(60(56(64)67-30-26-58)35-39-16-24-51-52(31-39)69-37-68-51)34-49(59-71-36-38-14-19-43(20-15-38)61(65)66)47-32-42(12-6-8-27-62)46(13-7-9-28-63)54(55(47)57)48-33-45(23-25-50(48)73-57)72-44-21-17-41(18-22-44)40-10-4-3-5-11-40/h2-5,10-11,14-25,31-33,42,46,53-55,62-63H,1,6-9,12-13,26-30,34-37H2. The van der Waals surface area contributed by atoms with Gasteiger partial charge in [0.2, 0.25) is 12.6 Å². The number of nitrogens with zero attached hydrogens (tertiary/aromatic N) is 3. The second-order valence-electron chi connectivity index (χ2n) is 18.6. The summed E-state index contributed by atoms with van der Waals surface area (Å²) in [5.41, 5.74) is 5.76. The molecule has 0 spiro atoms. The number of carbonyl (C=O) groups excluding carboxylic acids is 1. The quantitative estimate of drug-likeness (QED) is 0.0208. The summed E-state index contributed by atoms with van der Waals surface area (Å²) in [5, 5.41) is 36.5. The van der Waals surface area contributed by atoms with Gasteiger partial charge in [-0.2, -0.15) is 0 Å². The van der Waals surface area contributed by atoms with Crippen LogP contribution >= 0.6 is 11.6 Å². The lowest BCUT2D eigenvalue weighted by Gasteiger charge is -2.59. The van der Waals surface area contributed by atoms with Gasteiger partial charge in [0.25, 0.3) is 5.69 Å². The molecule has 5 aromatic carbocycles. The van der Waals surface area contributed by atoms with Crippen LogP contribution in [-0.4, -0.2) is 82.8 Å². The van der Waals surface area contributed by atoms with Gasteiger partial charge < -0.3 is 43.5 Å². The van der Waals surface area contributed by atoms with E-state index in [1.165, 1.54) is 12.1 Å². The average molecular weight is 1010 g/mol. The summed E-state index contributed by atoms with van der Waals surface area (Å²) >= 11 is 6.16. The van der Waals surface area contributed by atoms with E-state index in [0.29, 0.717) is 52.9 Å². The van der Waals surface area contributed by atoms with Crippen LogP contribution < -0.4 is 18.9 Å². The van der Waals surface area contributed by atoms with Crippen LogP contribution in [0.15, 0.2) is 145 Å². The van der Waals surface area contributed by atoms with E-state index < -0.39 is 28.8 Å². The first-order valence-corrected chi connectivity index (χ1v) is 25.4. The Morgan fingerprint density at radius 3 is 2.32 bits per heavy atom. The Hall–Kier alpha value is -6.91. The van der Waals surface area contributed by atoms with Crippen molar-refractivity contribution in [1.82, 2.24) is 4.90 Å². The molecule has 1 amide bonds. The van der Waals surface area contributed by atoms with Crippen molar-refractivity contribution >= 4 is 29.1 Å². The van der Waals surface area contributed by atoms with E-state index in [2.05, 4.69) is 24.8 Å². The number of rotatable bonds is 23. The molecular weight excluding hydrogens is 954 g/mol. The summed E-state index contributed by atoms with van der Waals surface area (Å²) in [5.74, 6) is 0.334. The molecule has 2 aliphatic heterocycles. The van der Waals surface area contributed by atoms with E-state index in [9.17, 15) is 25.1 Å². The van der Waals surface area contributed by atoms with Crippen LogP contribution in [0.1, 0.15) is 67.6 Å². The summed E-state index contributed by atoms with van der Waals surface area (Å²) in [6.07, 6.45) is 7.52. The third-order valence-corrected chi connectivity index (χ3v) is 14.3. The van der Waals surface area contributed by atoms with Crippen molar-refractivity contribution in [2.75, 3.05) is 39.1 Å². The first-order valence-electron chi connectivity index (χ1n) is 24.9. The molecule has 0 aromatic heterocycles. The summed E-state index contributed by atoms with van der Waals surface area (Å²) in [4.78, 5) is 33.7. The molecule has 1 saturated carbocycles. The third-order valence-electron chi connectivity index (χ3n) is 14.1. The van der Waals surface area contributed by atoms with Crippen LogP contribution in [0.4, 0.5) is 10.5 Å². The van der Waals surface area contributed by atoms with Crippen molar-refractivity contribution < 1.29 is 53.2 Å². The normalized spacial score (nSPS) is 21.8. The molecule has 0 radical (unpaired) electrons. The fourth-order valence-electron chi connectivity index (χ4n) is 10.8. The highest BCUT2D eigenvalue weighted by atomic mass is 35.5. The Bertz CT molecular complexity index is 2770. The number of amides is 1. The second kappa shape index (κ2) is 23.8. The van der Waals surface area contributed by atoms with Gasteiger partial charge in [-0.05, 0) is 120 Å². The molecule has 73 heavy (non-hydrogen) atoms. The van der Waals surface area contributed by atoms with Crippen LogP contribution in [0, 0.1) is 27.9 Å². The fourth-order valence-corrected chi connectivity index (χ4v) is 10.9. The number of aliphatic hydroxyl groups is 2. The predicted octanol–water partition coefficient (Wildman–Crippen LogP) is 11.5. The van der Waals surface area contributed by atoms with Crippen molar-refractivity contribution in [3.63, 3.8) is 0 Å². The molecule has 6 atom stereocenters. The topological polar surface area (TPSA) is 181 Å². The number of ether oxygens (including phenoxy) is 6. The Balaban J connectivity index is 1.21. The molecule has 2 aliphatic carbocycles. The molecule has 0 bridgehead atoms. The first kappa shape index (κ1) is 51.0. The summed E-state index contributed by atoms with van der Waals surface area (Å²) in [6.45, 7) is 4.23. The SMILES string of the molecule is C=CCOC12Oc3ccc(Oc4ccc(-c5ccccc5)cc4)cc3C3C(CCCCO)C(CCCCO)C=C(C(=NOCc4ccc([N+](=O)[O-])cc4)CC1N(Cc1ccc4c(c1)OCO4)C(=O)OCCCl)C32. The number of fused-ring (bicyclic) bond motifs is 3. The number of alkyl halides is 1. The highest BCUT2D eigenvalue weighted by Gasteiger charge is 2.66. The van der Waals surface area contributed by atoms with Gasteiger partial charge in [0.1, 0.15) is 36.5 Å². The summed E-state index contributed by atoms with van der Waals surface area (Å²) < 4.78 is 38.6. The van der Waals surface area contributed by atoms with Crippen LogP contribution in [-0.2, 0) is 27.5 Å². The van der Waals surface area contributed by atoms with E-state index in [-0.39, 0.29) is 82.1 Å². The monoisotopic (exact) mass is 1010 g/mol. The maximum Gasteiger partial charge on any atom is 0.410 e. The highest BCUT2D eigenvalue weighted by Crippen LogP contribution is 2.62. The summed E-state index contributed by atoms with van der Waals surface area (Å²) in [7, 11) is 0.